The zero-order chi connectivity index (χ0) is 9.40. The Hall–Kier alpha value is 0.270. The van der Waals surface area contributed by atoms with Crippen LogP contribution in [0.3, 0.4) is 0 Å². The third-order valence-electron chi connectivity index (χ3n) is 2.14. The van der Waals surface area contributed by atoms with Gasteiger partial charge >= 0.3 is 0 Å². The van der Waals surface area contributed by atoms with Crippen molar-refractivity contribution in [3.63, 3.8) is 0 Å². The SMILES string of the molecule is CSCCNCC(CN)C(C)C. The first-order chi connectivity index (χ1) is 5.72. The molecule has 0 aromatic rings. The fraction of sp³-hybridized carbons (Fsp3) is 1.00. The monoisotopic (exact) mass is 190 g/mol. The molecule has 0 fully saturated rings. The fourth-order valence-corrected chi connectivity index (χ4v) is 1.40. The van der Waals surface area contributed by atoms with E-state index < -0.39 is 0 Å². The molecule has 1 unspecified atom stereocenters. The Morgan fingerprint density at radius 2 is 2.08 bits per heavy atom. The summed E-state index contributed by atoms with van der Waals surface area (Å²) in [5, 5.41) is 3.42. The van der Waals surface area contributed by atoms with Crippen LogP contribution in [0.2, 0.25) is 0 Å². The molecule has 0 bridgehead atoms. The first-order valence-electron chi connectivity index (χ1n) is 4.62. The Labute approximate surface area is 80.7 Å². The number of thioether (sulfide) groups is 1. The van der Waals surface area contributed by atoms with Gasteiger partial charge in [-0.25, -0.2) is 0 Å². The highest BCUT2D eigenvalue weighted by atomic mass is 32.2. The van der Waals surface area contributed by atoms with E-state index in [-0.39, 0.29) is 0 Å². The summed E-state index contributed by atoms with van der Waals surface area (Å²) >= 11 is 1.88. The highest BCUT2D eigenvalue weighted by Crippen LogP contribution is 2.07. The maximum Gasteiger partial charge on any atom is 0.00553 e. The van der Waals surface area contributed by atoms with Crippen LogP contribution in [0.4, 0.5) is 0 Å². The molecule has 0 saturated heterocycles. The molecule has 0 radical (unpaired) electrons. The summed E-state index contributed by atoms with van der Waals surface area (Å²) in [5.74, 6) is 2.51. The van der Waals surface area contributed by atoms with Crippen LogP contribution in [-0.2, 0) is 0 Å². The first kappa shape index (κ1) is 12.3. The topological polar surface area (TPSA) is 38.0 Å². The van der Waals surface area contributed by atoms with Crippen LogP contribution in [0.1, 0.15) is 13.8 Å². The van der Waals surface area contributed by atoms with Gasteiger partial charge in [0, 0.05) is 12.3 Å². The van der Waals surface area contributed by atoms with Crippen molar-refractivity contribution in [1.82, 2.24) is 5.32 Å². The average Bonchev–Trinajstić information content (AvgIpc) is 2.04. The van der Waals surface area contributed by atoms with Crippen molar-refractivity contribution >= 4 is 11.8 Å². The molecule has 0 aliphatic carbocycles. The van der Waals surface area contributed by atoms with Crippen molar-refractivity contribution in [3.8, 4) is 0 Å². The van der Waals surface area contributed by atoms with Gasteiger partial charge in [0.2, 0.25) is 0 Å². The van der Waals surface area contributed by atoms with Gasteiger partial charge in [0.05, 0.1) is 0 Å². The molecule has 0 aliphatic rings. The van der Waals surface area contributed by atoms with Crippen molar-refractivity contribution < 1.29 is 0 Å². The zero-order valence-corrected chi connectivity index (χ0v) is 9.29. The smallest absolute Gasteiger partial charge is 0.00553 e. The number of hydrogen-bond donors (Lipinski definition) is 2. The van der Waals surface area contributed by atoms with Gasteiger partial charge in [-0.05, 0) is 31.2 Å². The molecular weight excluding hydrogens is 168 g/mol. The van der Waals surface area contributed by atoms with Crippen LogP contribution in [0.5, 0.6) is 0 Å². The maximum absolute atomic E-state index is 5.64. The molecule has 0 spiro atoms. The lowest BCUT2D eigenvalue weighted by atomic mass is 9.96. The van der Waals surface area contributed by atoms with Crippen LogP contribution in [0.15, 0.2) is 0 Å². The van der Waals surface area contributed by atoms with E-state index in [1.807, 2.05) is 11.8 Å². The van der Waals surface area contributed by atoms with Crippen LogP contribution >= 0.6 is 11.8 Å². The lowest BCUT2D eigenvalue weighted by molar-refractivity contribution is 0.375. The highest BCUT2D eigenvalue weighted by Gasteiger charge is 2.09. The van der Waals surface area contributed by atoms with Gasteiger partial charge < -0.3 is 11.1 Å². The van der Waals surface area contributed by atoms with Gasteiger partial charge in [-0.15, -0.1) is 0 Å². The summed E-state index contributed by atoms with van der Waals surface area (Å²) < 4.78 is 0. The standard InChI is InChI=1S/C9H22N2S/c1-8(2)9(6-10)7-11-4-5-12-3/h8-9,11H,4-7,10H2,1-3H3. The summed E-state index contributed by atoms with van der Waals surface area (Å²) in [4.78, 5) is 0. The quantitative estimate of drug-likeness (QED) is 0.592. The zero-order valence-electron chi connectivity index (χ0n) is 8.47. The van der Waals surface area contributed by atoms with Gasteiger partial charge in [-0.2, -0.15) is 11.8 Å². The van der Waals surface area contributed by atoms with E-state index in [1.54, 1.807) is 0 Å². The van der Waals surface area contributed by atoms with Crippen molar-refractivity contribution in [2.24, 2.45) is 17.6 Å². The molecule has 0 amide bonds. The Morgan fingerprint density at radius 1 is 1.42 bits per heavy atom. The molecule has 0 heterocycles. The summed E-state index contributed by atoms with van der Waals surface area (Å²) in [6.45, 7) is 7.42. The molecule has 1 atom stereocenters. The Bertz CT molecular complexity index is 96.5. The first-order valence-corrected chi connectivity index (χ1v) is 6.01. The molecule has 3 heteroatoms. The van der Waals surface area contributed by atoms with Crippen LogP contribution in [0, 0.1) is 11.8 Å². The number of rotatable bonds is 7. The molecule has 0 rings (SSSR count). The van der Waals surface area contributed by atoms with E-state index >= 15 is 0 Å². The van der Waals surface area contributed by atoms with E-state index in [0.717, 1.165) is 19.6 Å². The van der Waals surface area contributed by atoms with Crippen molar-refractivity contribution in [3.05, 3.63) is 0 Å². The predicted molar refractivity (Wildman–Crippen MR) is 58.6 cm³/mol. The predicted octanol–water partition coefficient (Wildman–Crippen LogP) is 1.17. The summed E-state index contributed by atoms with van der Waals surface area (Å²) in [6, 6.07) is 0. The van der Waals surface area contributed by atoms with E-state index in [2.05, 4.69) is 25.4 Å². The fourth-order valence-electron chi connectivity index (χ4n) is 1.05. The average molecular weight is 190 g/mol. The molecule has 0 aromatic heterocycles. The van der Waals surface area contributed by atoms with Crippen LogP contribution < -0.4 is 11.1 Å². The molecule has 0 aromatic carbocycles. The lowest BCUT2D eigenvalue weighted by Crippen LogP contribution is -2.32. The molecular formula is C9H22N2S. The minimum Gasteiger partial charge on any atom is -0.330 e. The minimum absolute atomic E-state index is 0.631. The second-order valence-corrected chi connectivity index (χ2v) is 4.42. The number of nitrogens with two attached hydrogens (primary N) is 1. The van der Waals surface area contributed by atoms with Crippen molar-refractivity contribution in [1.29, 1.82) is 0 Å². The second-order valence-electron chi connectivity index (χ2n) is 3.44. The van der Waals surface area contributed by atoms with E-state index in [1.165, 1.54) is 5.75 Å². The molecule has 3 N–H and O–H groups in total. The maximum atomic E-state index is 5.64. The largest absolute Gasteiger partial charge is 0.330 e. The summed E-state index contributed by atoms with van der Waals surface area (Å²) in [6.07, 6.45) is 2.13. The Balaban J connectivity index is 3.32. The van der Waals surface area contributed by atoms with Gasteiger partial charge in [-0.3, -0.25) is 0 Å². The van der Waals surface area contributed by atoms with E-state index in [4.69, 9.17) is 5.73 Å². The summed E-state index contributed by atoms with van der Waals surface area (Å²) in [7, 11) is 0. The van der Waals surface area contributed by atoms with Gasteiger partial charge in [0.1, 0.15) is 0 Å². The van der Waals surface area contributed by atoms with E-state index in [9.17, 15) is 0 Å². The van der Waals surface area contributed by atoms with Crippen molar-refractivity contribution in [2.75, 3.05) is 31.6 Å². The van der Waals surface area contributed by atoms with Gasteiger partial charge in [-0.1, -0.05) is 13.8 Å². The number of hydrogen-bond acceptors (Lipinski definition) is 3. The lowest BCUT2D eigenvalue weighted by Gasteiger charge is -2.18. The van der Waals surface area contributed by atoms with Crippen molar-refractivity contribution in [2.45, 2.75) is 13.8 Å². The van der Waals surface area contributed by atoms with Crippen LogP contribution in [-0.4, -0.2) is 31.6 Å². The van der Waals surface area contributed by atoms with Gasteiger partial charge in [0.25, 0.3) is 0 Å². The normalized spacial score (nSPS) is 13.8. The molecule has 2 nitrogen and oxygen atoms in total. The van der Waals surface area contributed by atoms with E-state index in [0.29, 0.717) is 11.8 Å². The molecule has 12 heavy (non-hydrogen) atoms. The third-order valence-corrected chi connectivity index (χ3v) is 2.75. The number of nitrogens with one attached hydrogen (secondary N) is 1. The van der Waals surface area contributed by atoms with Crippen LogP contribution in [0.25, 0.3) is 0 Å². The molecule has 0 saturated carbocycles. The van der Waals surface area contributed by atoms with Gasteiger partial charge in [0.15, 0.2) is 0 Å². The second kappa shape index (κ2) is 7.90. The Morgan fingerprint density at radius 3 is 2.50 bits per heavy atom. The molecule has 0 aliphatic heterocycles. The highest BCUT2D eigenvalue weighted by molar-refractivity contribution is 7.98. The molecule has 74 valence electrons. The third kappa shape index (κ3) is 5.86. The Kier molecular flexibility index (Phi) is 8.07. The minimum atomic E-state index is 0.631. The summed E-state index contributed by atoms with van der Waals surface area (Å²) in [5.41, 5.74) is 5.64.